The maximum Gasteiger partial charge on any atom is 0.410 e. The topological polar surface area (TPSA) is 66.9 Å². The molecule has 3 amide bonds. The quantitative estimate of drug-likeness (QED) is 0.767. The van der Waals surface area contributed by atoms with Crippen molar-refractivity contribution in [2.75, 3.05) is 6.54 Å². The molecule has 0 N–H and O–H groups in total. The molecule has 2 heterocycles. The van der Waals surface area contributed by atoms with Crippen LogP contribution in [0.4, 0.5) is 4.79 Å². The minimum Gasteiger partial charge on any atom is -0.445 e. The minimum atomic E-state index is -0.409. The lowest BCUT2D eigenvalue weighted by Gasteiger charge is -2.25. The average molecular weight is 370 g/mol. The Morgan fingerprint density at radius 2 is 1.78 bits per heavy atom. The summed E-state index contributed by atoms with van der Waals surface area (Å²) in [7, 11) is 0. The second-order valence-electron chi connectivity index (χ2n) is 8.16. The van der Waals surface area contributed by atoms with Crippen molar-refractivity contribution in [2.24, 2.45) is 23.7 Å². The lowest BCUT2D eigenvalue weighted by atomic mass is 10.0. The summed E-state index contributed by atoms with van der Waals surface area (Å²) in [4.78, 5) is 41.4. The Labute approximate surface area is 159 Å². The highest BCUT2D eigenvalue weighted by Crippen LogP contribution is 2.48. The fourth-order valence-electron chi connectivity index (χ4n) is 4.77. The number of benzene rings is 1. The standard InChI is InChI=1S/C21H26N2O4/c1-12-13(2)17(12)20(25)23-16-9-10-22(18(16)14(3)19(23)24)21(26)27-11-15-7-5-4-6-8-15/h4-8,12-14,16-18H,9-11H2,1-3H3/t12-,13-,14-,16-,18?/m0/s1. The Hall–Kier alpha value is -2.37. The third-order valence-electron chi connectivity index (χ3n) is 6.67. The van der Waals surface area contributed by atoms with Gasteiger partial charge in [-0.25, -0.2) is 4.79 Å². The summed E-state index contributed by atoms with van der Waals surface area (Å²) in [6.45, 7) is 6.64. The fraction of sp³-hybridized carbons (Fsp3) is 0.571. The highest BCUT2D eigenvalue weighted by Gasteiger charge is 2.59. The Kier molecular flexibility index (Phi) is 4.44. The molecule has 2 saturated heterocycles. The van der Waals surface area contributed by atoms with Crippen LogP contribution in [0.25, 0.3) is 0 Å². The zero-order valence-corrected chi connectivity index (χ0v) is 16.0. The molecule has 1 saturated carbocycles. The average Bonchev–Trinajstić information content (AvgIpc) is 2.99. The van der Waals surface area contributed by atoms with Gasteiger partial charge in [-0.2, -0.15) is 0 Å². The Morgan fingerprint density at radius 3 is 2.41 bits per heavy atom. The predicted molar refractivity (Wildman–Crippen MR) is 98.4 cm³/mol. The van der Waals surface area contributed by atoms with E-state index in [1.807, 2.05) is 37.3 Å². The van der Waals surface area contributed by atoms with Gasteiger partial charge < -0.3 is 9.64 Å². The first kappa shape index (κ1) is 18.0. The van der Waals surface area contributed by atoms with Gasteiger partial charge in [0, 0.05) is 12.5 Å². The normalized spacial score (nSPS) is 34.6. The highest BCUT2D eigenvalue weighted by atomic mass is 16.6. The van der Waals surface area contributed by atoms with Crippen molar-refractivity contribution in [1.82, 2.24) is 9.80 Å². The van der Waals surface area contributed by atoms with Gasteiger partial charge >= 0.3 is 6.09 Å². The number of hydrogen-bond donors (Lipinski definition) is 0. The number of carbonyl (C=O) groups excluding carboxylic acids is 3. The van der Waals surface area contributed by atoms with E-state index in [9.17, 15) is 14.4 Å². The molecule has 2 aliphatic heterocycles. The van der Waals surface area contributed by atoms with E-state index < -0.39 is 6.09 Å². The van der Waals surface area contributed by atoms with Gasteiger partial charge in [0.1, 0.15) is 6.61 Å². The number of fused-ring (bicyclic) bond motifs is 1. The largest absolute Gasteiger partial charge is 0.445 e. The van der Waals surface area contributed by atoms with Crippen LogP contribution in [0, 0.1) is 23.7 Å². The van der Waals surface area contributed by atoms with Crippen LogP contribution in [0.15, 0.2) is 30.3 Å². The third-order valence-corrected chi connectivity index (χ3v) is 6.67. The molecule has 27 heavy (non-hydrogen) atoms. The van der Waals surface area contributed by atoms with E-state index in [4.69, 9.17) is 4.74 Å². The summed E-state index contributed by atoms with van der Waals surface area (Å²) in [5.74, 6) is 0.00998. The van der Waals surface area contributed by atoms with Crippen molar-refractivity contribution >= 4 is 17.9 Å². The zero-order valence-electron chi connectivity index (χ0n) is 16.0. The van der Waals surface area contributed by atoms with Gasteiger partial charge in [-0.3, -0.25) is 14.5 Å². The highest BCUT2D eigenvalue weighted by molar-refractivity contribution is 6.01. The fourth-order valence-corrected chi connectivity index (χ4v) is 4.77. The molecular formula is C21H26N2O4. The first-order valence-corrected chi connectivity index (χ1v) is 9.76. The molecule has 0 bridgehead atoms. The van der Waals surface area contributed by atoms with Crippen molar-refractivity contribution in [2.45, 2.75) is 45.9 Å². The number of hydrogen-bond acceptors (Lipinski definition) is 4. The number of nitrogens with zero attached hydrogens (tertiary/aromatic N) is 2. The molecule has 6 nitrogen and oxygen atoms in total. The van der Waals surface area contributed by atoms with Crippen LogP contribution in [-0.4, -0.2) is 46.3 Å². The lowest BCUT2D eigenvalue weighted by Crippen LogP contribution is -2.43. The Bertz CT molecular complexity index is 757. The van der Waals surface area contributed by atoms with Gasteiger partial charge in [0.2, 0.25) is 11.8 Å². The maximum atomic E-state index is 12.9. The third kappa shape index (κ3) is 2.91. The molecule has 0 aromatic heterocycles. The molecule has 6 heteroatoms. The van der Waals surface area contributed by atoms with Crippen molar-refractivity contribution in [1.29, 1.82) is 0 Å². The lowest BCUT2D eigenvalue weighted by molar-refractivity contribution is -0.146. The van der Waals surface area contributed by atoms with Crippen LogP contribution in [-0.2, 0) is 20.9 Å². The molecule has 5 atom stereocenters. The van der Waals surface area contributed by atoms with E-state index in [0.717, 1.165) is 5.56 Å². The number of carbonyl (C=O) groups is 3. The number of amides is 3. The molecule has 1 aromatic carbocycles. The van der Waals surface area contributed by atoms with Crippen molar-refractivity contribution in [3.05, 3.63) is 35.9 Å². The van der Waals surface area contributed by atoms with Crippen LogP contribution in [0.5, 0.6) is 0 Å². The predicted octanol–water partition coefficient (Wildman–Crippen LogP) is 2.67. The molecule has 1 aromatic rings. The molecule has 144 valence electrons. The molecule has 1 unspecified atom stereocenters. The van der Waals surface area contributed by atoms with Gasteiger partial charge in [0.15, 0.2) is 0 Å². The summed E-state index contributed by atoms with van der Waals surface area (Å²) in [6, 6.07) is 9.01. The van der Waals surface area contributed by atoms with Gasteiger partial charge in [-0.1, -0.05) is 51.1 Å². The molecule has 0 radical (unpaired) electrons. The summed E-state index contributed by atoms with van der Waals surface area (Å²) in [6.07, 6.45) is 0.219. The molecule has 4 rings (SSSR count). The Morgan fingerprint density at radius 1 is 1.11 bits per heavy atom. The van der Waals surface area contributed by atoms with E-state index in [1.165, 1.54) is 4.90 Å². The van der Waals surface area contributed by atoms with E-state index in [0.29, 0.717) is 24.8 Å². The van der Waals surface area contributed by atoms with Crippen LogP contribution in [0.2, 0.25) is 0 Å². The number of likely N-dealkylation sites (tertiary alicyclic amines) is 2. The summed E-state index contributed by atoms with van der Waals surface area (Å²) in [5.41, 5.74) is 0.922. The number of rotatable bonds is 3. The second-order valence-corrected chi connectivity index (χ2v) is 8.16. The molecular weight excluding hydrogens is 344 g/mol. The number of ether oxygens (including phenoxy) is 1. The first-order chi connectivity index (χ1) is 12.9. The van der Waals surface area contributed by atoms with Gasteiger partial charge in [0.25, 0.3) is 0 Å². The maximum absolute atomic E-state index is 12.9. The number of imide groups is 1. The summed E-state index contributed by atoms with van der Waals surface area (Å²) in [5, 5.41) is 0. The zero-order chi connectivity index (χ0) is 19.3. The van der Waals surface area contributed by atoms with Crippen LogP contribution in [0.1, 0.15) is 32.8 Å². The van der Waals surface area contributed by atoms with Crippen LogP contribution >= 0.6 is 0 Å². The smallest absolute Gasteiger partial charge is 0.410 e. The molecule has 0 spiro atoms. The molecule has 1 aliphatic carbocycles. The SMILES string of the molecule is C[C@@H]1C(=O)N(C(=O)C2[C@@H](C)[C@@H]2C)[C@H]2CCN(C(=O)OCc3ccccc3)C12. The monoisotopic (exact) mass is 370 g/mol. The van der Waals surface area contributed by atoms with E-state index in [2.05, 4.69) is 13.8 Å². The van der Waals surface area contributed by atoms with Crippen molar-refractivity contribution in [3.8, 4) is 0 Å². The van der Waals surface area contributed by atoms with Crippen LogP contribution in [0.3, 0.4) is 0 Å². The van der Waals surface area contributed by atoms with Crippen LogP contribution < -0.4 is 0 Å². The van der Waals surface area contributed by atoms with E-state index in [-0.39, 0.29) is 42.3 Å². The molecule has 3 fully saturated rings. The van der Waals surface area contributed by atoms with Crippen molar-refractivity contribution < 1.29 is 19.1 Å². The van der Waals surface area contributed by atoms with Gasteiger partial charge in [-0.15, -0.1) is 0 Å². The first-order valence-electron chi connectivity index (χ1n) is 9.76. The second kappa shape index (κ2) is 6.66. The molecule has 3 aliphatic rings. The summed E-state index contributed by atoms with van der Waals surface area (Å²) < 4.78 is 5.47. The van der Waals surface area contributed by atoms with Gasteiger partial charge in [-0.05, 0) is 23.8 Å². The van der Waals surface area contributed by atoms with Gasteiger partial charge in [0.05, 0.1) is 18.0 Å². The van der Waals surface area contributed by atoms with E-state index in [1.54, 1.807) is 4.90 Å². The van der Waals surface area contributed by atoms with E-state index >= 15 is 0 Å². The minimum absolute atomic E-state index is 0.0565. The van der Waals surface area contributed by atoms with Crippen molar-refractivity contribution in [3.63, 3.8) is 0 Å². The Balaban J connectivity index is 1.45. The summed E-state index contributed by atoms with van der Waals surface area (Å²) >= 11 is 0.